The van der Waals surface area contributed by atoms with Crippen molar-refractivity contribution in [2.24, 2.45) is 5.92 Å². The molecule has 102 valence electrons. The summed E-state index contributed by atoms with van der Waals surface area (Å²) in [7, 11) is 1.58. The Labute approximate surface area is 113 Å². The minimum Gasteiger partial charge on any atom is -0.396 e. The fourth-order valence-corrected chi connectivity index (χ4v) is 1.83. The quantitative estimate of drug-likeness (QED) is 0.745. The van der Waals surface area contributed by atoms with Gasteiger partial charge in [-0.2, -0.15) is 0 Å². The van der Waals surface area contributed by atoms with Gasteiger partial charge in [0.15, 0.2) is 5.82 Å². The summed E-state index contributed by atoms with van der Waals surface area (Å²) in [6.45, 7) is 4.64. The molecule has 0 aliphatic carbocycles. The third kappa shape index (κ3) is 4.76. The van der Waals surface area contributed by atoms with Crippen LogP contribution in [0.15, 0.2) is 6.07 Å². The predicted molar refractivity (Wildman–Crippen MR) is 71.7 cm³/mol. The highest BCUT2D eigenvalue weighted by Crippen LogP contribution is 2.16. The van der Waals surface area contributed by atoms with E-state index in [1.807, 2.05) is 0 Å². The van der Waals surface area contributed by atoms with Crippen LogP contribution in [0.5, 0.6) is 0 Å². The Kier molecular flexibility index (Phi) is 6.32. The van der Waals surface area contributed by atoms with Crippen molar-refractivity contribution in [1.29, 1.82) is 0 Å². The highest BCUT2D eigenvalue weighted by atomic mass is 35.5. The van der Waals surface area contributed by atoms with E-state index in [0.29, 0.717) is 35.7 Å². The van der Waals surface area contributed by atoms with Crippen LogP contribution in [0.2, 0.25) is 5.15 Å². The number of rotatable bonds is 7. The van der Waals surface area contributed by atoms with Crippen LogP contribution < -0.4 is 5.32 Å². The Bertz CT molecular complexity index is 374. The second kappa shape index (κ2) is 7.51. The Balaban J connectivity index is 2.81. The molecule has 1 rings (SSSR count). The topological polar surface area (TPSA) is 67.3 Å². The Morgan fingerprint density at radius 3 is 2.72 bits per heavy atom. The summed E-state index contributed by atoms with van der Waals surface area (Å²) in [5.41, 5.74) is 0. The molecule has 0 radical (unpaired) electrons. The van der Waals surface area contributed by atoms with Crippen molar-refractivity contribution in [3.05, 3.63) is 17.0 Å². The zero-order valence-corrected chi connectivity index (χ0v) is 11.7. The van der Waals surface area contributed by atoms with Gasteiger partial charge in [0.05, 0.1) is 0 Å². The van der Waals surface area contributed by atoms with Crippen LogP contribution in [-0.2, 0) is 11.3 Å². The number of aliphatic hydroxyl groups is 1. The summed E-state index contributed by atoms with van der Waals surface area (Å²) in [4.78, 5) is 8.38. The summed E-state index contributed by atoms with van der Waals surface area (Å²) in [5, 5.41) is 12.7. The molecular weight excluding hydrogens is 254 g/mol. The highest BCUT2D eigenvalue weighted by molar-refractivity contribution is 6.29. The minimum absolute atomic E-state index is 0.138. The maximum absolute atomic E-state index is 9.04. The van der Waals surface area contributed by atoms with Gasteiger partial charge in [-0.15, -0.1) is 0 Å². The number of aliphatic hydroxyl groups excluding tert-OH is 1. The van der Waals surface area contributed by atoms with Crippen molar-refractivity contribution in [1.82, 2.24) is 9.97 Å². The van der Waals surface area contributed by atoms with Crippen molar-refractivity contribution in [3.8, 4) is 0 Å². The zero-order valence-electron chi connectivity index (χ0n) is 11.0. The van der Waals surface area contributed by atoms with Crippen molar-refractivity contribution in [2.75, 3.05) is 19.0 Å². The first-order chi connectivity index (χ1) is 8.56. The fraction of sp³-hybridized carbons (Fsp3) is 0.667. The summed E-state index contributed by atoms with van der Waals surface area (Å²) in [5.74, 6) is 1.59. The second-order valence-corrected chi connectivity index (χ2v) is 4.82. The van der Waals surface area contributed by atoms with Gasteiger partial charge in [0.2, 0.25) is 0 Å². The molecule has 0 aromatic carbocycles. The molecule has 1 unspecified atom stereocenters. The van der Waals surface area contributed by atoms with E-state index < -0.39 is 0 Å². The molecule has 0 aliphatic rings. The molecule has 0 aliphatic heterocycles. The van der Waals surface area contributed by atoms with Crippen molar-refractivity contribution in [2.45, 2.75) is 32.9 Å². The fourth-order valence-electron chi connectivity index (χ4n) is 1.63. The van der Waals surface area contributed by atoms with Crippen LogP contribution in [0, 0.1) is 5.92 Å². The summed E-state index contributed by atoms with van der Waals surface area (Å²) in [6, 6.07) is 1.82. The maximum Gasteiger partial charge on any atom is 0.158 e. The average molecular weight is 274 g/mol. The number of methoxy groups -OCH3 is 1. The summed E-state index contributed by atoms with van der Waals surface area (Å²) in [6.07, 6.45) is 0.666. The van der Waals surface area contributed by atoms with Gasteiger partial charge in [-0.3, -0.25) is 0 Å². The number of hydrogen-bond donors (Lipinski definition) is 2. The third-order valence-electron chi connectivity index (χ3n) is 2.59. The molecule has 1 aromatic rings. The van der Waals surface area contributed by atoms with Crippen LogP contribution in [0.25, 0.3) is 0 Å². The molecule has 0 spiro atoms. The SMILES string of the molecule is COCc1nc(Cl)cc(NC(CCO)C(C)C)n1. The molecule has 0 fully saturated rings. The number of nitrogens with one attached hydrogen (secondary N) is 1. The van der Waals surface area contributed by atoms with Gasteiger partial charge in [-0.1, -0.05) is 25.4 Å². The number of ether oxygens (including phenoxy) is 1. The number of anilines is 1. The molecule has 1 heterocycles. The van der Waals surface area contributed by atoms with E-state index in [0.717, 1.165) is 0 Å². The largest absolute Gasteiger partial charge is 0.396 e. The Hall–Kier alpha value is -0.910. The minimum atomic E-state index is 0.138. The van der Waals surface area contributed by atoms with Gasteiger partial charge in [-0.05, 0) is 12.3 Å². The van der Waals surface area contributed by atoms with Crippen molar-refractivity contribution < 1.29 is 9.84 Å². The van der Waals surface area contributed by atoms with E-state index in [9.17, 15) is 0 Å². The lowest BCUT2D eigenvalue weighted by molar-refractivity contribution is 0.178. The van der Waals surface area contributed by atoms with Gasteiger partial charge < -0.3 is 15.2 Å². The first-order valence-corrected chi connectivity index (χ1v) is 6.34. The van der Waals surface area contributed by atoms with E-state index in [1.54, 1.807) is 13.2 Å². The van der Waals surface area contributed by atoms with Gasteiger partial charge in [0.25, 0.3) is 0 Å². The lowest BCUT2D eigenvalue weighted by Crippen LogP contribution is -2.27. The zero-order chi connectivity index (χ0) is 13.5. The van der Waals surface area contributed by atoms with E-state index >= 15 is 0 Å². The molecule has 2 N–H and O–H groups in total. The summed E-state index contributed by atoms with van der Waals surface area (Å²) < 4.78 is 4.99. The Morgan fingerprint density at radius 1 is 1.44 bits per heavy atom. The smallest absolute Gasteiger partial charge is 0.158 e. The number of aromatic nitrogens is 2. The molecule has 1 aromatic heterocycles. The molecule has 0 bridgehead atoms. The van der Waals surface area contributed by atoms with Gasteiger partial charge in [0, 0.05) is 25.8 Å². The molecule has 0 saturated carbocycles. The highest BCUT2D eigenvalue weighted by Gasteiger charge is 2.14. The van der Waals surface area contributed by atoms with Crippen LogP contribution in [-0.4, -0.2) is 34.8 Å². The molecule has 0 saturated heterocycles. The van der Waals surface area contributed by atoms with Crippen LogP contribution in [0.3, 0.4) is 0 Å². The lowest BCUT2D eigenvalue weighted by Gasteiger charge is -2.22. The standard InChI is InChI=1S/C12H20ClN3O2/c1-8(2)9(4-5-17)14-11-6-10(13)15-12(16-11)7-18-3/h6,8-9,17H,4-5,7H2,1-3H3,(H,14,15,16). The first-order valence-electron chi connectivity index (χ1n) is 5.96. The van der Waals surface area contributed by atoms with Crippen molar-refractivity contribution in [3.63, 3.8) is 0 Å². The normalized spacial score (nSPS) is 12.8. The van der Waals surface area contributed by atoms with E-state index in [4.69, 9.17) is 21.4 Å². The van der Waals surface area contributed by atoms with E-state index in [2.05, 4.69) is 29.1 Å². The number of hydrogen-bond acceptors (Lipinski definition) is 5. The molecule has 1 atom stereocenters. The Morgan fingerprint density at radius 2 is 2.17 bits per heavy atom. The van der Waals surface area contributed by atoms with E-state index in [1.165, 1.54) is 0 Å². The molecule has 6 heteroatoms. The van der Waals surface area contributed by atoms with Crippen LogP contribution >= 0.6 is 11.6 Å². The average Bonchev–Trinajstić information content (AvgIpc) is 2.28. The molecule has 18 heavy (non-hydrogen) atoms. The van der Waals surface area contributed by atoms with E-state index in [-0.39, 0.29) is 12.6 Å². The molecular formula is C12H20ClN3O2. The van der Waals surface area contributed by atoms with Crippen LogP contribution in [0.4, 0.5) is 5.82 Å². The molecule has 5 nitrogen and oxygen atoms in total. The lowest BCUT2D eigenvalue weighted by atomic mass is 10.0. The first kappa shape index (κ1) is 15.1. The third-order valence-corrected chi connectivity index (χ3v) is 2.79. The predicted octanol–water partition coefficient (Wildman–Crippen LogP) is 2.10. The monoisotopic (exact) mass is 273 g/mol. The summed E-state index contributed by atoms with van der Waals surface area (Å²) >= 11 is 5.93. The maximum atomic E-state index is 9.04. The number of halogens is 1. The van der Waals surface area contributed by atoms with Crippen LogP contribution in [0.1, 0.15) is 26.1 Å². The van der Waals surface area contributed by atoms with Gasteiger partial charge in [-0.25, -0.2) is 9.97 Å². The number of nitrogens with zero attached hydrogens (tertiary/aromatic N) is 2. The second-order valence-electron chi connectivity index (χ2n) is 4.43. The molecule has 0 amide bonds. The van der Waals surface area contributed by atoms with Gasteiger partial charge >= 0.3 is 0 Å². The van der Waals surface area contributed by atoms with Gasteiger partial charge in [0.1, 0.15) is 17.6 Å². The van der Waals surface area contributed by atoms with Crippen molar-refractivity contribution >= 4 is 17.4 Å².